The van der Waals surface area contributed by atoms with Gasteiger partial charge >= 0.3 is 0 Å². The fourth-order valence-electron chi connectivity index (χ4n) is 5.59. The van der Waals surface area contributed by atoms with Crippen LogP contribution in [-0.4, -0.2) is 18.2 Å². The van der Waals surface area contributed by atoms with Crippen LogP contribution in [0.25, 0.3) is 0 Å². The molecule has 3 aliphatic rings. The highest BCUT2D eigenvalue weighted by Crippen LogP contribution is 2.66. The van der Waals surface area contributed by atoms with Crippen molar-refractivity contribution >= 4 is 0 Å². The van der Waals surface area contributed by atoms with Crippen molar-refractivity contribution in [1.82, 2.24) is 0 Å². The molecular weight excluding hydrogens is 258 g/mol. The first kappa shape index (κ1) is 15.8. The molecule has 3 aliphatic carbocycles. The third kappa shape index (κ3) is 2.28. The second kappa shape index (κ2) is 5.23. The lowest BCUT2D eigenvalue weighted by Crippen LogP contribution is -2.50. The van der Waals surface area contributed by atoms with Gasteiger partial charge in [-0.25, -0.2) is 0 Å². The van der Waals surface area contributed by atoms with E-state index in [1.54, 1.807) is 0 Å². The van der Waals surface area contributed by atoms with Crippen LogP contribution in [0, 0.1) is 22.7 Å². The SMILES string of the molecule is CCC1CCC(CN)(OC2CC3CCC2(C)C3(C)C)CC1. The summed E-state index contributed by atoms with van der Waals surface area (Å²) < 4.78 is 6.83. The largest absolute Gasteiger partial charge is 0.370 e. The van der Waals surface area contributed by atoms with E-state index < -0.39 is 0 Å². The fourth-order valence-corrected chi connectivity index (χ4v) is 5.59. The lowest BCUT2D eigenvalue weighted by molar-refractivity contribution is -0.157. The number of rotatable bonds is 4. The van der Waals surface area contributed by atoms with Crippen LogP contribution in [0.1, 0.15) is 79.1 Å². The van der Waals surface area contributed by atoms with Gasteiger partial charge in [0.25, 0.3) is 0 Å². The first-order valence-corrected chi connectivity index (χ1v) is 9.25. The van der Waals surface area contributed by atoms with Gasteiger partial charge in [-0.15, -0.1) is 0 Å². The van der Waals surface area contributed by atoms with Crippen LogP contribution in [0.3, 0.4) is 0 Å². The maximum atomic E-state index is 6.83. The summed E-state index contributed by atoms with van der Waals surface area (Å²) >= 11 is 0. The second-order valence-electron chi connectivity index (χ2n) is 8.96. The highest BCUT2D eigenvalue weighted by molar-refractivity contribution is 5.12. The molecular formula is C19H35NO. The molecule has 0 heterocycles. The van der Waals surface area contributed by atoms with Crippen LogP contribution >= 0.6 is 0 Å². The van der Waals surface area contributed by atoms with E-state index in [9.17, 15) is 0 Å². The summed E-state index contributed by atoms with van der Waals surface area (Å²) in [5, 5.41) is 0. The summed E-state index contributed by atoms with van der Waals surface area (Å²) in [4.78, 5) is 0. The molecule has 3 saturated carbocycles. The van der Waals surface area contributed by atoms with Crippen LogP contribution in [0.5, 0.6) is 0 Å². The molecule has 2 bridgehead atoms. The van der Waals surface area contributed by atoms with Crippen molar-refractivity contribution in [2.75, 3.05) is 6.54 Å². The zero-order valence-corrected chi connectivity index (χ0v) is 14.6. The molecule has 3 unspecified atom stereocenters. The molecule has 0 aliphatic heterocycles. The van der Waals surface area contributed by atoms with Gasteiger partial charge in [-0.05, 0) is 67.6 Å². The molecule has 2 heteroatoms. The molecule has 0 aromatic rings. The van der Waals surface area contributed by atoms with E-state index in [-0.39, 0.29) is 5.60 Å². The van der Waals surface area contributed by atoms with E-state index in [1.165, 1.54) is 51.4 Å². The monoisotopic (exact) mass is 293 g/mol. The van der Waals surface area contributed by atoms with Crippen molar-refractivity contribution in [3.63, 3.8) is 0 Å². The van der Waals surface area contributed by atoms with Crippen LogP contribution < -0.4 is 5.73 Å². The van der Waals surface area contributed by atoms with Gasteiger partial charge in [-0.2, -0.15) is 0 Å². The topological polar surface area (TPSA) is 35.2 Å². The van der Waals surface area contributed by atoms with Crippen LogP contribution in [0.4, 0.5) is 0 Å². The van der Waals surface area contributed by atoms with Gasteiger partial charge in [-0.3, -0.25) is 0 Å². The normalized spacial score (nSPS) is 48.7. The Morgan fingerprint density at radius 2 is 1.71 bits per heavy atom. The van der Waals surface area contributed by atoms with Crippen molar-refractivity contribution in [1.29, 1.82) is 0 Å². The Kier molecular flexibility index (Phi) is 3.94. The molecule has 122 valence electrons. The van der Waals surface area contributed by atoms with E-state index in [0.717, 1.165) is 11.8 Å². The molecule has 3 atom stereocenters. The molecule has 0 amide bonds. The van der Waals surface area contributed by atoms with Crippen molar-refractivity contribution < 1.29 is 4.74 Å². The third-order valence-corrected chi connectivity index (χ3v) is 8.07. The summed E-state index contributed by atoms with van der Waals surface area (Å²) in [6.07, 6.45) is 10.7. The molecule has 2 N–H and O–H groups in total. The summed E-state index contributed by atoms with van der Waals surface area (Å²) in [5.41, 5.74) is 6.97. The zero-order valence-electron chi connectivity index (χ0n) is 14.6. The van der Waals surface area contributed by atoms with E-state index >= 15 is 0 Å². The number of hydrogen-bond donors (Lipinski definition) is 1. The first-order valence-electron chi connectivity index (χ1n) is 9.25. The maximum Gasteiger partial charge on any atom is 0.0808 e. The molecule has 0 radical (unpaired) electrons. The van der Waals surface area contributed by atoms with Gasteiger partial charge in [-0.1, -0.05) is 34.1 Å². The molecule has 0 aromatic heterocycles. The highest BCUT2D eigenvalue weighted by Gasteiger charge is 2.63. The number of nitrogens with two attached hydrogens (primary N) is 1. The number of hydrogen-bond acceptors (Lipinski definition) is 2. The average molecular weight is 293 g/mol. The van der Waals surface area contributed by atoms with Gasteiger partial charge in [0.15, 0.2) is 0 Å². The van der Waals surface area contributed by atoms with Gasteiger partial charge in [0.2, 0.25) is 0 Å². The Hall–Kier alpha value is -0.0800. The van der Waals surface area contributed by atoms with Gasteiger partial charge in [0.05, 0.1) is 11.7 Å². The second-order valence-corrected chi connectivity index (χ2v) is 8.96. The Labute approximate surface area is 131 Å². The number of ether oxygens (including phenoxy) is 1. The summed E-state index contributed by atoms with van der Waals surface area (Å²) in [6.45, 7) is 10.4. The number of fused-ring (bicyclic) bond motifs is 2. The van der Waals surface area contributed by atoms with Crippen molar-refractivity contribution in [3.8, 4) is 0 Å². The standard InChI is InChI=1S/C19H35NO/c1-5-14-6-10-19(13-20,11-7-14)21-16-12-15-8-9-18(16,4)17(15,2)3/h14-16H,5-13,20H2,1-4H3. The first-order chi connectivity index (χ1) is 9.87. The van der Waals surface area contributed by atoms with Crippen molar-refractivity contribution in [2.24, 2.45) is 28.4 Å². The van der Waals surface area contributed by atoms with Gasteiger partial charge in [0, 0.05) is 6.54 Å². The van der Waals surface area contributed by atoms with E-state index in [1.807, 2.05) is 0 Å². The Morgan fingerprint density at radius 1 is 1.05 bits per heavy atom. The fraction of sp³-hybridized carbons (Fsp3) is 1.00. The highest BCUT2D eigenvalue weighted by atomic mass is 16.5. The molecule has 21 heavy (non-hydrogen) atoms. The molecule has 0 spiro atoms. The van der Waals surface area contributed by atoms with Gasteiger partial charge < -0.3 is 10.5 Å². The third-order valence-electron chi connectivity index (χ3n) is 8.07. The van der Waals surface area contributed by atoms with Crippen molar-refractivity contribution in [3.05, 3.63) is 0 Å². The molecule has 0 aromatic carbocycles. The molecule has 3 fully saturated rings. The lowest BCUT2D eigenvalue weighted by Gasteiger charge is -2.46. The molecule has 3 rings (SSSR count). The van der Waals surface area contributed by atoms with E-state index in [4.69, 9.17) is 10.5 Å². The maximum absolute atomic E-state index is 6.83. The molecule has 0 saturated heterocycles. The summed E-state index contributed by atoms with van der Waals surface area (Å²) in [5.74, 6) is 1.76. The molecule has 2 nitrogen and oxygen atoms in total. The minimum absolute atomic E-state index is 0.0140. The Morgan fingerprint density at radius 3 is 2.14 bits per heavy atom. The quantitative estimate of drug-likeness (QED) is 0.827. The lowest BCUT2D eigenvalue weighted by atomic mass is 9.69. The minimum Gasteiger partial charge on any atom is -0.370 e. The predicted octanol–water partition coefficient (Wildman–Crippen LogP) is 4.52. The van der Waals surface area contributed by atoms with Gasteiger partial charge in [0.1, 0.15) is 0 Å². The smallest absolute Gasteiger partial charge is 0.0808 e. The summed E-state index contributed by atoms with van der Waals surface area (Å²) in [7, 11) is 0. The minimum atomic E-state index is -0.0140. The average Bonchev–Trinajstić information content (AvgIpc) is 2.81. The predicted molar refractivity (Wildman–Crippen MR) is 88.1 cm³/mol. The Bertz CT molecular complexity index is 383. The van der Waals surface area contributed by atoms with E-state index in [2.05, 4.69) is 27.7 Å². The summed E-state index contributed by atoms with van der Waals surface area (Å²) in [6, 6.07) is 0. The van der Waals surface area contributed by atoms with E-state index in [0.29, 0.717) is 23.5 Å². The zero-order chi connectivity index (χ0) is 15.3. The van der Waals surface area contributed by atoms with Crippen molar-refractivity contribution in [2.45, 2.75) is 90.8 Å². The van der Waals surface area contributed by atoms with Crippen LogP contribution in [0.2, 0.25) is 0 Å². The van der Waals surface area contributed by atoms with Crippen LogP contribution in [0.15, 0.2) is 0 Å². The Balaban J connectivity index is 1.72. The van der Waals surface area contributed by atoms with Crippen LogP contribution in [-0.2, 0) is 4.74 Å².